The lowest BCUT2D eigenvalue weighted by Gasteiger charge is -2.16. The van der Waals surface area contributed by atoms with Gasteiger partial charge in [-0.2, -0.15) is 0 Å². The molecule has 0 unspecified atom stereocenters. The molecule has 1 aromatic carbocycles. The molecule has 0 aliphatic rings. The van der Waals surface area contributed by atoms with E-state index in [0.717, 1.165) is 5.56 Å². The Morgan fingerprint density at radius 1 is 1.21 bits per heavy atom. The van der Waals surface area contributed by atoms with Crippen molar-refractivity contribution < 1.29 is 23.6 Å². The zero-order valence-electron chi connectivity index (χ0n) is 15.9. The first-order chi connectivity index (χ1) is 13.4. The van der Waals surface area contributed by atoms with Crippen molar-refractivity contribution in [2.75, 3.05) is 25.5 Å². The van der Waals surface area contributed by atoms with E-state index in [1.54, 1.807) is 13.0 Å². The molecule has 0 atom stereocenters. The van der Waals surface area contributed by atoms with E-state index in [0.29, 0.717) is 24.5 Å². The number of rotatable bonds is 9. The lowest BCUT2D eigenvalue weighted by atomic mass is 10.2. The average Bonchev–Trinajstić information content (AvgIpc) is 3.08. The van der Waals surface area contributed by atoms with E-state index in [-0.39, 0.29) is 31.4 Å². The predicted molar refractivity (Wildman–Crippen MR) is 101 cm³/mol. The highest BCUT2D eigenvalue weighted by atomic mass is 16.5. The van der Waals surface area contributed by atoms with Crippen LogP contribution in [0.3, 0.4) is 0 Å². The molecule has 0 radical (unpaired) electrons. The summed E-state index contributed by atoms with van der Waals surface area (Å²) in [5.74, 6) is 0.314. The highest BCUT2D eigenvalue weighted by molar-refractivity contribution is 5.93. The predicted octanol–water partition coefficient (Wildman–Crippen LogP) is 2.09. The van der Waals surface area contributed by atoms with Crippen LogP contribution in [0.5, 0.6) is 0 Å². The fourth-order valence-corrected chi connectivity index (χ4v) is 2.31. The Kier molecular flexibility index (Phi) is 8.01. The van der Waals surface area contributed by atoms with Crippen LogP contribution in [-0.4, -0.2) is 48.1 Å². The molecule has 0 bridgehead atoms. The van der Waals surface area contributed by atoms with Gasteiger partial charge in [-0.3, -0.25) is 9.59 Å². The van der Waals surface area contributed by atoms with Crippen LogP contribution >= 0.6 is 0 Å². The van der Waals surface area contributed by atoms with E-state index in [2.05, 4.69) is 15.8 Å². The number of alkyl carbamates (subject to hydrolysis) is 1. The SMILES string of the molecule is Cc1cc(NC(=O)CN(C)C(=O)CCCNC(=O)OCc2ccccc2)no1. The van der Waals surface area contributed by atoms with E-state index < -0.39 is 6.09 Å². The van der Waals surface area contributed by atoms with Gasteiger partial charge in [0.05, 0.1) is 6.54 Å². The van der Waals surface area contributed by atoms with E-state index in [1.165, 1.54) is 11.9 Å². The van der Waals surface area contributed by atoms with E-state index >= 15 is 0 Å². The highest BCUT2D eigenvalue weighted by Crippen LogP contribution is 2.07. The van der Waals surface area contributed by atoms with Gasteiger partial charge in [0.15, 0.2) is 5.82 Å². The maximum absolute atomic E-state index is 12.1. The number of likely N-dealkylation sites (N-methyl/N-ethyl adjacent to an activating group) is 1. The number of nitrogens with zero attached hydrogens (tertiary/aromatic N) is 2. The molecule has 9 nitrogen and oxygen atoms in total. The molecule has 0 fully saturated rings. The van der Waals surface area contributed by atoms with Gasteiger partial charge in [0.1, 0.15) is 12.4 Å². The number of benzene rings is 1. The van der Waals surface area contributed by atoms with Gasteiger partial charge in [0, 0.05) is 26.1 Å². The maximum atomic E-state index is 12.1. The first-order valence-corrected chi connectivity index (χ1v) is 8.85. The minimum atomic E-state index is -0.535. The van der Waals surface area contributed by atoms with Gasteiger partial charge >= 0.3 is 6.09 Å². The van der Waals surface area contributed by atoms with Crippen molar-refractivity contribution in [1.29, 1.82) is 0 Å². The molecular weight excluding hydrogens is 364 g/mol. The van der Waals surface area contributed by atoms with Crippen LogP contribution in [0.4, 0.5) is 10.6 Å². The molecule has 0 saturated heterocycles. The van der Waals surface area contributed by atoms with Crippen molar-refractivity contribution in [3.8, 4) is 0 Å². The van der Waals surface area contributed by atoms with E-state index in [1.807, 2.05) is 30.3 Å². The van der Waals surface area contributed by atoms with Crippen molar-refractivity contribution in [2.45, 2.75) is 26.4 Å². The summed E-state index contributed by atoms with van der Waals surface area (Å²) in [5.41, 5.74) is 0.897. The molecule has 0 aliphatic carbocycles. The maximum Gasteiger partial charge on any atom is 0.407 e. The molecule has 1 heterocycles. The number of ether oxygens (including phenoxy) is 1. The summed E-state index contributed by atoms with van der Waals surface area (Å²) in [6.45, 7) is 2.10. The number of anilines is 1. The number of nitrogens with one attached hydrogen (secondary N) is 2. The summed E-state index contributed by atoms with van der Waals surface area (Å²) in [7, 11) is 1.54. The highest BCUT2D eigenvalue weighted by Gasteiger charge is 2.14. The second-order valence-electron chi connectivity index (χ2n) is 6.21. The molecule has 150 valence electrons. The minimum Gasteiger partial charge on any atom is -0.445 e. The summed E-state index contributed by atoms with van der Waals surface area (Å²) < 4.78 is 9.94. The quantitative estimate of drug-likeness (QED) is 0.636. The summed E-state index contributed by atoms with van der Waals surface area (Å²) in [4.78, 5) is 36.9. The third-order valence-electron chi connectivity index (χ3n) is 3.75. The Hall–Kier alpha value is -3.36. The van der Waals surface area contributed by atoms with Crippen LogP contribution < -0.4 is 10.6 Å². The Bertz CT molecular complexity index is 791. The molecule has 2 N–H and O–H groups in total. The van der Waals surface area contributed by atoms with Crippen LogP contribution in [0.1, 0.15) is 24.2 Å². The molecule has 1 aromatic heterocycles. The van der Waals surface area contributed by atoms with Gasteiger partial charge < -0.3 is 24.8 Å². The molecular formula is C19H24N4O5. The van der Waals surface area contributed by atoms with Gasteiger partial charge in [-0.1, -0.05) is 35.5 Å². The molecule has 0 spiro atoms. The fraction of sp³-hybridized carbons (Fsp3) is 0.368. The number of hydrogen-bond donors (Lipinski definition) is 2. The van der Waals surface area contributed by atoms with Gasteiger partial charge in [-0.05, 0) is 18.9 Å². The van der Waals surface area contributed by atoms with Crippen molar-refractivity contribution in [2.24, 2.45) is 0 Å². The summed E-state index contributed by atoms with van der Waals surface area (Å²) >= 11 is 0. The third-order valence-corrected chi connectivity index (χ3v) is 3.75. The largest absolute Gasteiger partial charge is 0.445 e. The summed E-state index contributed by atoms with van der Waals surface area (Å²) in [5, 5.41) is 8.80. The van der Waals surface area contributed by atoms with E-state index in [4.69, 9.17) is 9.26 Å². The van der Waals surface area contributed by atoms with Gasteiger partial charge in [-0.25, -0.2) is 4.79 Å². The second-order valence-corrected chi connectivity index (χ2v) is 6.21. The second kappa shape index (κ2) is 10.7. The molecule has 3 amide bonds. The lowest BCUT2D eigenvalue weighted by Crippen LogP contribution is -2.35. The Morgan fingerprint density at radius 3 is 2.64 bits per heavy atom. The molecule has 0 aliphatic heterocycles. The van der Waals surface area contributed by atoms with Crippen molar-refractivity contribution in [3.05, 3.63) is 47.7 Å². The van der Waals surface area contributed by atoms with Crippen LogP contribution in [0, 0.1) is 6.92 Å². The Balaban J connectivity index is 1.58. The number of carbonyl (C=O) groups is 3. The first-order valence-electron chi connectivity index (χ1n) is 8.85. The molecule has 0 saturated carbocycles. The molecule has 28 heavy (non-hydrogen) atoms. The molecule has 2 aromatic rings. The number of amides is 3. The van der Waals surface area contributed by atoms with Crippen molar-refractivity contribution in [1.82, 2.24) is 15.4 Å². The first kappa shape index (κ1) is 20.9. The number of aryl methyl sites for hydroxylation is 1. The van der Waals surface area contributed by atoms with Crippen LogP contribution in [0.25, 0.3) is 0 Å². The van der Waals surface area contributed by atoms with Crippen LogP contribution in [0.2, 0.25) is 0 Å². The Morgan fingerprint density at radius 2 is 1.96 bits per heavy atom. The van der Waals surface area contributed by atoms with Gasteiger partial charge in [0.2, 0.25) is 11.8 Å². The van der Waals surface area contributed by atoms with Gasteiger partial charge in [-0.15, -0.1) is 0 Å². The van der Waals surface area contributed by atoms with Crippen LogP contribution in [0.15, 0.2) is 40.9 Å². The zero-order valence-corrected chi connectivity index (χ0v) is 15.9. The smallest absolute Gasteiger partial charge is 0.407 e. The minimum absolute atomic E-state index is 0.0999. The van der Waals surface area contributed by atoms with Crippen LogP contribution in [-0.2, 0) is 20.9 Å². The standard InChI is InChI=1S/C19H24N4O5/c1-14-11-16(22-28-14)21-17(24)12-23(2)18(25)9-6-10-20-19(26)27-13-15-7-4-3-5-8-15/h3-5,7-8,11H,6,9-10,12-13H2,1-2H3,(H,20,26)(H,21,22,24). The third kappa shape index (κ3) is 7.48. The normalized spacial score (nSPS) is 10.2. The van der Waals surface area contributed by atoms with E-state index in [9.17, 15) is 14.4 Å². The number of carbonyl (C=O) groups excluding carboxylic acids is 3. The fourth-order valence-electron chi connectivity index (χ4n) is 2.31. The number of aromatic nitrogens is 1. The topological polar surface area (TPSA) is 114 Å². The van der Waals surface area contributed by atoms with Crippen molar-refractivity contribution in [3.63, 3.8) is 0 Å². The summed E-state index contributed by atoms with van der Waals surface area (Å²) in [6.07, 6.45) is 0.103. The molecule has 9 heteroatoms. The average molecular weight is 388 g/mol. The lowest BCUT2D eigenvalue weighted by molar-refractivity contribution is -0.133. The van der Waals surface area contributed by atoms with Gasteiger partial charge in [0.25, 0.3) is 0 Å². The zero-order chi connectivity index (χ0) is 20.4. The monoisotopic (exact) mass is 388 g/mol. The van der Waals surface area contributed by atoms with Crippen molar-refractivity contribution >= 4 is 23.7 Å². The Labute approximate surface area is 163 Å². The number of hydrogen-bond acceptors (Lipinski definition) is 6. The molecule has 2 rings (SSSR count). The summed E-state index contributed by atoms with van der Waals surface area (Å²) in [6, 6.07) is 10.9.